The van der Waals surface area contributed by atoms with E-state index in [0.29, 0.717) is 17.7 Å². The van der Waals surface area contributed by atoms with Crippen molar-refractivity contribution < 1.29 is 9.90 Å². The Labute approximate surface area is 126 Å². The van der Waals surface area contributed by atoms with Gasteiger partial charge in [-0.15, -0.1) is 0 Å². The average molecular weight is 298 g/mol. The Kier molecular flexibility index (Phi) is 4.75. The van der Waals surface area contributed by atoms with E-state index < -0.39 is 0 Å². The minimum absolute atomic E-state index is 0.0171. The largest absolute Gasteiger partial charge is 0.506 e. The lowest BCUT2D eigenvalue weighted by molar-refractivity contribution is 0.0939. The molecular formula is C16H24ClNO2. The fourth-order valence-corrected chi connectivity index (χ4v) is 1.97. The van der Waals surface area contributed by atoms with Crippen LogP contribution in [0.4, 0.5) is 0 Å². The Morgan fingerprint density at radius 1 is 1.20 bits per heavy atom. The Morgan fingerprint density at radius 2 is 1.75 bits per heavy atom. The number of hydrogen-bond donors (Lipinski definition) is 2. The van der Waals surface area contributed by atoms with Crippen molar-refractivity contribution in [1.29, 1.82) is 0 Å². The number of phenols is 1. The van der Waals surface area contributed by atoms with Crippen molar-refractivity contribution in [3.05, 3.63) is 28.3 Å². The number of rotatable bonds is 2. The number of carbonyl (C=O) groups excluding carboxylic acids is 1. The summed E-state index contributed by atoms with van der Waals surface area (Å²) in [5, 5.41) is 13.1. The summed E-state index contributed by atoms with van der Waals surface area (Å²) in [5.41, 5.74) is 0.880. The highest BCUT2D eigenvalue weighted by Crippen LogP contribution is 2.36. The monoisotopic (exact) mass is 297 g/mol. The molecule has 2 N–H and O–H groups in total. The first-order chi connectivity index (χ1) is 8.92. The van der Waals surface area contributed by atoms with Crippen LogP contribution in [-0.4, -0.2) is 17.6 Å². The van der Waals surface area contributed by atoms with Gasteiger partial charge in [-0.05, 0) is 23.0 Å². The van der Waals surface area contributed by atoms with Gasteiger partial charge in [0, 0.05) is 17.7 Å². The van der Waals surface area contributed by atoms with Crippen LogP contribution in [0.1, 0.15) is 57.5 Å². The van der Waals surface area contributed by atoms with Gasteiger partial charge in [0.05, 0.1) is 5.02 Å². The van der Waals surface area contributed by atoms with E-state index in [1.807, 2.05) is 20.8 Å². The lowest BCUT2D eigenvalue weighted by Crippen LogP contribution is -2.32. The van der Waals surface area contributed by atoms with Crippen LogP contribution in [-0.2, 0) is 5.41 Å². The standard InChI is InChI=1S/C16H24ClNO2/c1-15(2,3)9-18-14(20)10-7-11(16(4,5)6)13(19)12(17)8-10/h7-8,19H,9H2,1-6H3,(H,18,20). The van der Waals surface area contributed by atoms with Gasteiger partial charge in [0.25, 0.3) is 5.91 Å². The highest BCUT2D eigenvalue weighted by molar-refractivity contribution is 6.32. The minimum atomic E-state index is -0.284. The van der Waals surface area contributed by atoms with E-state index in [1.54, 1.807) is 6.07 Å². The molecule has 0 heterocycles. The summed E-state index contributed by atoms with van der Waals surface area (Å²) in [5.74, 6) is -0.126. The number of amides is 1. The lowest BCUT2D eigenvalue weighted by atomic mass is 9.85. The number of benzene rings is 1. The van der Waals surface area contributed by atoms with Crippen molar-refractivity contribution in [1.82, 2.24) is 5.32 Å². The summed E-state index contributed by atoms with van der Waals surface area (Å²) in [7, 11) is 0. The maximum atomic E-state index is 12.2. The van der Waals surface area contributed by atoms with Crippen LogP contribution in [0.2, 0.25) is 5.02 Å². The third kappa shape index (κ3) is 4.41. The molecule has 0 spiro atoms. The van der Waals surface area contributed by atoms with Gasteiger partial charge in [0.2, 0.25) is 0 Å². The first-order valence-electron chi connectivity index (χ1n) is 6.73. The van der Waals surface area contributed by atoms with Gasteiger partial charge in [-0.1, -0.05) is 53.1 Å². The van der Waals surface area contributed by atoms with E-state index in [9.17, 15) is 9.90 Å². The van der Waals surface area contributed by atoms with E-state index in [2.05, 4.69) is 26.1 Å². The Balaban J connectivity index is 3.08. The molecule has 0 bridgehead atoms. The molecule has 0 fully saturated rings. The number of halogens is 1. The molecule has 0 saturated carbocycles. The maximum Gasteiger partial charge on any atom is 0.251 e. The third-order valence-corrected chi connectivity index (χ3v) is 3.20. The van der Waals surface area contributed by atoms with Crippen LogP contribution in [0, 0.1) is 5.41 Å². The second-order valence-electron chi connectivity index (χ2n) is 7.35. The van der Waals surface area contributed by atoms with E-state index >= 15 is 0 Å². The summed E-state index contributed by atoms with van der Waals surface area (Å²) in [6.07, 6.45) is 0. The molecule has 0 aromatic heterocycles. The second kappa shape index (κ2) is 5.65. The van der Waals surface area contributed by atoms with Crippen molar-refractivity contribution in [3.8, 4) is 5.75 Å². The van der Waals surface area contributed by atoms with Crippen LogP contribution in [0.3, 0.4) is 0 Å². The SMILES string of the molecule is CC(C)(C)CNC(=O)c1cc(Cl)c(O)c(C(C)(C)C)c1. The maximum absolute atomic E-state index is 12.2. The number of carbonyl (C=O) groups is 1. The summed E-state index contributed by atoms with van der Waals surface area (Å²) < 4.78 is 0. The topological polar surface area (TPSA) is 49.3 Å². The fourth-order valence-electron chi connectivity index (χ4n) is 1.75. The van der Waals surface area contributed by atoms with E-state index in [-0.39, 0.29) is 27.5 Å². The molecule has 0 saturated heterocycles. The van der Waals surface area contributed by atoms with Crippen LogP contribution >= 0.6 is 11.6 Å². The summed E-state index contributed by atoms with van der Waals surface area (Å²) in [4.78, 5) is 12.2. The molecule has 1 aromatic carbocycles. The van der Waals surface area contributed by atoms with Crippen molar-refractivity contribution in [2.75, 3.05) is 6.54 Å². The normalized spacial score (nSPS) is 12.3. The highest BCUT2D eigenvalue weighted by atomic mass is 35.5. The van der Waals surface area contributed by atoms with Crippen LogP contribution in [0.15, 0.2) is 12.1 Å². The van der Waals surface area contributed by atoms with Crippen molar-refractivity contribution in [2.45, 2.75) is 47.0 Å². The second-order valence-corrected chi connectivity index (χ2v) is 7.75. The number of hydrogen-bond acceptors (Lipinski definition) is 2. The Morgan fingerprint density at radius 3 is 2.20 bits per heavy atom. The summed E-state index contributed by atoms with van der Waals surface area (Å²) in [6, 6.07) is 3.21. The van der Waals surface area contributed by atoms with E-state index in [1.165, 1.54) is 6.07 Å². The zero-order valence-corrected chi connectivity index (χ0v) is 13.9. The zero-order chi connectivity index (χ0) is 15.7. The summed E-state index contributed by atoms with van der Waals surface area (Å²) >= 11 is 6.03. The van der Waals surface area contributed by atoms with E-state index in [4.69, 9.17) is 11.6 Å². The number of phenolic OH excluding ortho intramolecular Hbond substituents is 1. The summed E-state index contributed by atoms with van der Waals surface area (Å²) in [6.45, 7) is 12.6. The molecule has 20 heavy (non-hydrogen) atoms. The van der Waals surface area contributed by atoms with Crippen molar-refractivity contribution in [3.63, 3.8) is 0 Å². The van der Waals surface area contributed by atoms with Crippen molar-refractivity contribution >= 4 is 17.5 Å². The molecule has 0 unspecified atom stereocenters. The fraction of sp³-hybridized carbons (Fsp3) is 0.562. The molecule has 0 atom stereocenters. The number of aromatic hydroxyl groups is 1. The number of nitrogens with one attached hydrogen (secondary N) is 1. The lowest BCUT2D eigenvalue weighted by Gasteiger charge is -2.23. The third-order valence-electron chi connectivity index (χ3n) is 2.91. The van der Waals surface area contributed by atoms with Gasteiger partial charge in [-0.2, -0.15) is 0 Å². The average Bonchev–Trinajstić information content (AvgIpc) is 2.26. The molecule has 0 aliphatic rings. The molecular weight excluding hydrogens is 274 g/mol. The van der Waals surface area contributed by atoms with Crippen LogP contribution in [0.5, 0.6) is 5.75 Å². The molecule has 4 heteroatoms. The van der Waals surface area contributed by atoms with Gasteiger partial charge in [-0.25, -0.2) is 0 Å². The van der Waals surface area contributed by atoms with Gasteiger partial charge in [0.15, 0.2) is 0 Å². The molecule has 0 aliphatic carbocycles. The molecule has 1 amide bonds. The minimum Gasteiger partial charge on any atom is -0.506 e. The van der Waals surface area contributed by atoms with Gasteiger partial charge in [0.1, 0.15) is 5.75 Å². The first kappa shape index (κ1) is 16.8. The molecule has 112 valence electrons. The Hall–Kier alpha value is -1.22. The first-order valence-corrected chi connectivity index (χ1v) is 7.11. The molecule has 3 nitrogen and oxygen atoms in total. The smallest absolute Gasteiger partial charge is 0.251 e. The highest BCUT2D eigenvalue weighted by Gasteiger charge is 2.23. The predicted molar refractivity (Wildman–Crippen MR) is 83.6 cm³/mol. The van der Waals surface area contributed by atoms with Crippen LogP contribution < -0.4 is 5.32 Å². The van der Waals surface area contributed by atoms with E-state index in [0.717, 1.165) is 0 Å². The zero-order valence-electron chi connectivity index (χ0n) is 13.1. The molecule has 1 aromatic rings. The predicted octanol–water partition coefficient (Wildman–Crippen LogP) is 4.12. The van der Waals surface area contributed by atoms with Crippen molar-refractivity contribution in [2.24, 2.45) is 5.41 Å². The molecule has 1 rings (SSSR count). The van der Waals surface area contributed by atoms with Crippen LogP contribution in [0.25, 0.3) is 0 Å². The molecule has 0 aliphatic heterocycles. The van der Waals surface area contributed by atoms with Gasteiger partial charge in [-0.3, -0.25) is 4.79 Å². The van der Waals surface area contributed by atoms with Gasteiger partial charge < -0.3 is 10.4 Å². The van der Waals surface area contributed by atoms with Gasteiger partial charge >= 0.3 is 0 Å². The molecule has 0 radical (unpaired) electrons. The Bertz CT molecular complexity index is 510. The quantitative estimate of drug-likeness (QED) is 0.862.